The number of thiophene rings is 1. The van der Waals surface area contributed by atoms with E-state index in [1.807, 2.05) is 12.1 Å². The van der Waals surface area contributed by atoms with Crippen molar-refractivity contribution in [3.05, 3.63) is 56.2 Å². The molecule has 1 amide bonds. The van der Waals surface area contributed by atoms with E-state index in [9.17, 15) is 14.7 Å². The first-order chi connectivity index (χ1) is 14.5. The van der Waals surface area contributed by atoms with Crippen molar-refractivity contribution in [1.29, 1.82) is 0 Å². The molecule has 1 aliphatic carbocycles. The van der Waals surface area contributed by atoms with Crippen molar-refractivity contribution in [2.75, 3.05) is 7.05 Å². The largest absolute Gasteiger partial charge is 0.493 e. The second-order valence-electron chi connectivity index (χ2n) is 6.92. The molecule has 1 saturated carbocycles. The molecule has 4 aromatic heterocycles. The summed E-state index contributed by atoms with van der Waals surface area (Å²) < 4.78 is 1.64. The first kappa shape index (κ1) is 18.3. The number of fused-ring (bicyclic) bond motifs is 1. The fraction of sp³-hybridized carbons (Fsp3) is 0.211. The van der Waals surface area contributed by atoms with Crippen molar-refractivity contribution < 1.29 is 9.90 Å². The summed E-state index contributed by atoms with van der Waals surface area (Å²) in [6.07, 6.45) is 5.28. The van der Waals surface area contributed by atoms with Gasteiger partial charge in [-0.3, -0.25) is 14.8 Å². The van der Waals surface area contributed by atoms with Gasteiger partial charge in [-0.1, -0.05) is 0 Å². The third-order valence-electron chi connectivity index (χ3n) is 4.69. The summed E-state index contributed by atoms with van der Waals surface area (Å²) >= 11 is 1.34. The minimum Gasteiger partial charge on any atom is -0.493 e. The smallest absolute Gasteiger partial charge is 0.326 e. The number of nitrogens with one attached hydrogen (secondary N) is 3. The Hall–Kier alpha value is -3.73. The third-order valence-corrected chi connectivity index (χ3v) is 5.79. The van der Waals surface area contributed by atoms with Crippen molar-refractivity contribution in [3.8, 4) is 16.5 Å². The number of carbonyl (C=O) groups is 1. The average molecular weight is 423 g/mol. The Morgan fingerprint density at radius 2 is 2.23 bits per heavy atom. The molecule has 0 aliphatic heterocycles. The topological polar surface area (TPSA) is 141 Å². The molecule has 0 spiro atoms. The molecule has 0 bridgehead atoms. The maximum atomic E-state index is 11.9. The summed E-state index contributed by atoms with van der Waals surface area (Å²) in [5.41, 5.74) is 1.60. The molecular weight excluding hydrogens is 406 g/mol. The van der Waals surface area contributed by atoms with E-state index >= 15 is 0 Å². The van der Waals surface area contributed by atoms with Gasteiger partial charge in [0.25, 0.3) is 5.91 Å². The van der Waals surface area contributed by atoms with Crippen molar-refractivity contribution in [1.82, 2.24) is 29.9 Å². The molecule has 30 heavy (non-hydrogen) atoms. The number of H-pyrrole nitrogens is 2. The summed E-state index contributed by atoms with van der Waals surface area (Å²) in [7, 11) is 1.59. The molecule has 11 heteroatoms. The van der Waals surface area contributed by atoms with E-state index < -0.39 is 5.69 Å². The van der Waals surface area contributed by atoms with Gasteiger partial charge in [0, 0.05) is 18.3 Å². The quantitative estimate of drug-likeness (QED) is 0.370. The van der Waals surface area contributed by atoms with Gasteiger partial charge in [-0.15, -0.1) is 11.3 Å². The molecule has 1 fully saturated rings. The van der Waals surface area contributed by atoms with Gasteiger partial charge in [-0.2, -0.15) is 9.61 Å². The molecule has 152 valence electrons. The molecule has 4 heterocycles. The van der Waals surface area contributed by atoms with Gasteiger partial charge in [0.2, 0.25) is 5.88 Å². The van der Waals surface area contributed by atoms with Crippen LogP contribution in [0.15, 0.2) is 34.2 Å². The predicted molar refractivity (Wildman–Crippen MR) is 110 cm³/mol. The van der Waals surface area contributed by atoms with E-state index in [1.165, 1.54) is 11.3 Å². The van der Waals surface area contributed by atoms with Crippen molar-refractivity contribution in [2.45, 2.75) is 18.9 Å². The molecule has 0 radical (unpaired) electrons. The number of amides is 1. The van der Waals surface area contributed by atoms with Crippen molar-refractivity contribution in [2.24, 2.45) is 4.99 Å². The van der Waals surface area contributed by atoms with Gasteiger partial charge in [0.1, 0.15) is 5.69 Å². The summed E-state index contributed by atoms with van der Waals surface area (Å²) in [4.78, 5) is 39.1. The monoisotopic (exact) mass is 423 g/mol. The van der Waals surface area contributed by atoms with Gasteiger partial charge in [-0.25, -0.2) is 9.78 Å². The van der Waals surface area contributed by atoms with E-state index in [1.54, 1.807) is 29.9 Å². The zero-order valence-corrected chi connectivity index (χ0v) is 16.7. The lowest BCUT2D eigenvalue weighted by Crippen LogP contribution is -2.19. The summed E-state index contributed by atoms with van der Waals surface area (Å²) in [5, 5.41) is 17.5. The molecular formula is C19H17N7O3S. The van der Waals surface area contributed by atoms with Crippen LogP contribution >= 0.6 is 11.3 Å². The number of hydrogen-bond donors (Lipinski definition) is 4. The number of aromatic nitrogens is 5. The number of aromatic hydroxyl groups is 1. The van der Waals surface area contributed by atoms with Gasteiger partial charge in [0.05, 0.1) is 27.7 Å². The fourth-order valence-corrected chi connectivity index (χ4v) is 3.96. The lowest BCUT2D eigenvalue weighted by molar-refractivity contribution is 0.0967. The Morgan fingerprint density at radius 3 is 2.93 bits per heavy atom. The Labute approximate surface area is 172 Å². The molecule has 10 nitrogen and oxygen atoms in total. The highest BCUT2D eigenvalue weighted by molar-refractivity contribution is 7.17. The fourth-order valence-electron chi connectivity index (χ4n) is 3.04. The molecule has 4 N–H and O–H groups in total. The van der Waals surface area contributed by atoms with E-state index in [2.05, 4.69) is 20.4 Å². The van der Waals surface area contributed by atoms with E-state index in [0.717, 1.165) is 17.7 Å². The van der Waals surface area contributed by atoms with E-state index in [0.29, 0.717) is 26.9 Å². The minimum atomic E-state index is -0.506. The zero-order chi connectivity index (χ0) is 20.8. The van der Waals surface area contributed by atoms with Crippen LogP contribution in [0.2, 0.25) is 0 Å². The summed E-state index contributed by atoms with van der Waals surface area (Å²) in [6, 6.07) is 5.74. The zero-order valence-electron chi connectivity index (χ0n) is 15.8. The third kappa shape index (κ3) is 3.28. The maximum Gasteiger partial charge on any atom is 0.326 e. The Bertz CT molecular complexity index is 1460. The normalized spacial score (nSPS) is 15.2. The first-order valence-corrected chi connectivity index (χ1v) is 10.1. The second-order valence-corrected chi connectivity index (χ2v) is 8.01. The van der Waals surface area contributed by atoms with Crippen molar-refractivity contribution >= 4 is 29.0 Å². The number of imidazole rings is 1. The highest BCUT2D eigenvalue weighted by Gasteiger charge is 2.20. The van der Waals surface area contributed by atoms with Crippen LogP contribution in [0.1, 0.15) is 28.2 Å². The molecule has 0 atom stereocenters. The number of carbonyl (C=O) groups excluding carboxylic acids is 1. The summed E-state index contributed by atoms with van der Waals surface area (Å²) in [6.45, 7) is 0. The number of aromatic amines is 2. The first-order valence-electron chi connectivity index (χ1n) is 9.30. The Balaban J connectivity index is 1.72. The minimum absolute atomic E-state index is 0.152. The predicted octanol–water partition coefficient (Wildman–Crippen LogP) is 0.150. The highest BCUT2D eigenvalue weighted by Crippen LogP contribution is 2.26. The van der Waals surface area contributed by atoms with Crippen LogP contribution in [0.3, 0.4) is 0 Å². The van der Waals surface area contributed by atoms with Crippen LogP contribution in [0.4, 0.5) is 0 Å². The molecule has 5 rings (SSSR count). The van der Waals surface area contributed by atoms with Gasteiger partial charge in [-0.05, 0) is 31.1 Å². The summed E-state index contributed by atoms with van der Waals surface area (Å²) in [5.74, 6) is -0.410. The van der Waals surface area contributed by atoms with Gasteiger partial charge >= 0.3 is 5.69 Å². The highest BCUT2D eigenvalue weighted by atomic mass is 32.1. The van der Waals surface area contributed by atoms with Crippen molar-refractivity contribution in [3.63, 3.8) is 0 Å². The standard InChI is InChI=1S/C19H17N7O3S/c1-20-18(28)14-5-4-13(30-14)11-7-15(22-10-2-3-10)26-16(23-11)9(8-21-26)6-12-17(27)25-19(29)24-12/h4-8,10,27H,2-3H2,1H3,(H,20,28)(H2,24,25,29). The van der Waals surface area contributed by atoms with Crippen LogP contribution in [0, 0.1) is 0 Å². The molecule has 4 aromatic rings. The van der Waals surface area contributed by atoms with Crippen LogP contribution in [0.5, 0.6) is 5.88 Å². The maximum absolute atomic E-state index is 11.9. The van der Waals surface area contributed by atoms with Crippen LogP contribution < -0.4 is 21.7 Å². The number of hydrogen-bond acceptors (Lipinski definition) is 7. The van der Waals surface area contributed by atoms with Gasteiger partial charge < -0.3 is 15.4 Å². The van der Waals surface area contributed by atoms with Gasteiger partial charge in [0.15, 0.2) is 11.1 Å². The van der Waals surface area contributed by atoms with Crippen LogP contribution in [-0.2, 0) is 0 Å². The lowest BCUT2D eigenvalue weighted by Gasteiger charge is -2.01. The van der Waals surface area contributed by atoms with E-state index in [4.69, 9.17) is 9.98 Å². The molecule has 0 unspecified atom stereocenters. The molecule has 0 aromatic carbocycles. The van der Waals surface area contributed by atoms with Crippen LogP contribution in [-0.4, -0.2) is 48.7 Å². The average Bonchev–Trinajstić information content (AvgIpc) is 3.12. The second kappa shape index (κ2) is 6.95. The molecule has 1 aliphatic rings. The Morgan fingerprint density at radius 1 is 1.40 bits per heavy atom. The number of nitrogens with zero attached hydrogens (tertiary/aromatic N) is 4. The number of rotatable bonds is 4. The lowest BCUT2D eigenvalue weighted by atomic mass is 10.3. The molecule has 0 saturated heterocycles. The Kier molecular flexibility index (Phi) is 4.24. The van der Waals surface area contributed by atoms with E-state index in [-0.39, 0.29) is 23.5 Å². The SMILES string of the molecule is CNC(=O)c1ccc(-c2cc(=NC3CC3)n3ncc(=Cc4[nH]c(=O)[nH]c4O)c3n2)s1. The van der Waals surface area contributed by atoms with Crippen LogP contribution in [0.25, 0.3) is 22.3 Å².